The molecule has 14 heavy (non-hydrogen) atoms. The Morgan fingerprint density at radius 3 is 2.86 bits per heavy atom. The number of rotatable bonds is 2. The van der Waals surface area contributed by atoms with E-state index >= 15 is 0 Å². The van der Waals surface area contributed by atoms with E-state index in [-0.39, 0.29) is 5.69 Å². The number of nitrogens with two attached hydrogens (primary N) is 1. The van der Waals surface area contributed by atoms with E-state index in [0.29, 0.717) is 11.5 Å². The van der Waals surface area contributed by atoms with Crippen molar-refractivity contribution in [1.82, 2.24) is 10.2 Å². The zero-order valence-electron chi connectivity index (χ0n) is 6.93. The van der Waals surface area contributed by atoms with E-state index in [0.717, 1.165) is 4.88 Å². The lowest BCUT2D eigenvalue weighted by Crippen LogP contribution is -1.82. The summed E-state index contributed by atoms with van der Waals surface area (Å²) in [5.74, 6) is 0.371. The molecule has 7 heteroatoms. The molecule has 2 aromatic heterocycles. The van der Waals surface area contributed by atoms with Crippen LogP contribution in [0.1, 0.15) is 0 Å². The number of aromatic nitrogens is 2. The van der Waals surface area contributed by atoms with Crippen LogP contribution in [-0.4, -0.2) is 15.1 Å². The first-order chi connectivity index (χ1) is 6.66. The van der Waals surface area contributed by atoms with Crippen LogP contribution in [0.25, 0.3) is 10.6 Å². The second kappa shape index (κ2) is 3.11. The van der Waals surface area contributed by atoms with Gasteiger partial charge in [-0.3, -0.25) is 15.2 Å². The molecule has 3 N–H and O–H groups in total. The number of anilines is 1. The topological polar surface area (TPSA) is 97.8 Å². The van der Waals surface area contributed by atoms with E-state index in [4.69, 9.17) is 5.73 Å². The molecule has 0 unspecified atom stereocenters. The zero-order chi connectivity index (χ0) is 10.1. The molecule has 0 aliphatic heterocycles. The molecule has 2 rings (SSSR count). The number of nitro groups is 1. The quantitative estimate of drug-likeness (QED) is 0.581. The Morgan fingerprint density at radius 2 is 2.36 bits per heavy atom. The Labute approximate surface area is 82.5 Å². The van der Waals surface area contributed by atoms with Crippen molar-refractivity contribution in [3.8, 4) is 10.6 Å². The highest BCUT2D eigenvalue weighted by Crippen LogP contribution is 2.30. The number of nitrogens with one attached hydrogen (secondary N) is 1. The molecule has 2 aromatic rings. The molecule has 0 aromatic carbocycles. The van der Waals surface area contributed by atoms with Gasteiger partial charge in [0.05, 0.1) is 20.9 Å². The van der Waals surface area contributed by atoms with Crippen LogP contribution in [0, 0.1) is 10.1 Å². The first-order valence-corrected chi connectivity index (χ1v) is 4.59. The molecule has 0 aliphatic rings. The highest BCUT2D eigenvalue weighted by atomic mass is 32.1. The van der Waals surface area contributed by atoms with Gasteiger partial charge in [-0.15, -0.1) is 11.3 Å². The highest BCUT2D eigenvalue weighted by molar-refractivity contribution is 7.13. The first kappa shape index (κ1) is 8.70. The van der Waals surface area contributed by atoms with Crippen LogP contribution in [0.15, 0.2) is 17.5 Å². The zero-order valence-corrected chi connectivity index (χ0v) is 7.75. The van der Waals surface area contributed by atoms with Crippen LogP contribution in [-0.2, 0) is 0 Å². The maximum absolute atomic E-state index is 10.4. The maximum Gasteiger partial charge on any atom is 0.280 e. The van der Waals surface area contributed by atoms with Crippen LogP contribution in [0.5, 0.6) is 0 Å². The molecule has 0 bridgehead atoms. The molecule has 0 radical (unpaired) electrons. The molecule has 6 nitrogen and oxygen atoms in total. The maximum atomic E-state index is 10.4. The fourth-order valence-corrected chi connectivity index (χ4v) is 1.85. The van der Waals surface area contributed by atoms with Gasteiger partial charge in [0.25, 0.3) is 5.69 Å². The minimum atomic E-state index is -0.431. The van der Waals surface area contributed by atoms with Crippen LogP contribution in [0.2, 0.25) is 0 Å². The van der Waals surface area contributed by atoms with Gasteiger partial charge in [0.1, 0.15) is 5.82 Å². The van der Waals surface area contributed by atoms with Crippen molar-refractivity contribution in [3.63, 3.8) is 0 Å². The summed E-state index contributed by atoms with van der Waals surface area (Å²) in [6.07, 6.45) is 0. The fraction of sp³-hybridized carbons (Fsp3) is 0. The summed E-state index contributed by atoms with van der Waals surface area (Å²) in [6, 6.07) is 3.12. The first-order valence-electron chi connectivity index (χ1n) is 3.71. The van der Waals surface area contributed by atoms with Crippen molar-refractivity contribution >= 4 is 22.8 Å². The standard InChI is InChI=1S/C7H6N4O2S/c8-7-2-5(9-10-7)6-1-4(3-14-6)11(12)13/h1-3H,(H3,8,9,10). The Bertz CT molecular complexity index is 475. The minimum Gasteiger partial charge on any atom is -0.382 e. The van der Waals surface area contributed by atoms with Crippen molar-refractivity contribution in [2.75, 3.05) is 5.73 Å². The lowest BCUT2D eigenvalue weighted by atomic mass is 10.3. The van der Waals surface area contributed by atoms with Gasteiger partial charge in [-0.25, -0.2) is 0 Å². The molecule has 0 amide bonds. The van der Waals surface area contributed by atoms with Crippen molar-refractivity contribution < 1.29 is 4.92 Å². The highest BCUT2D eigenvalue weighted by Gasteiger charge is 2.11. The average molecular weight is 210 g/mol. The summed E-state index contributed by atoms with van der Waals surface area (Å²) >= 11 is 1.28. The third-order valence-electron chi connectivity index (χ3n) is 1.66. The Hall–Kier alpha value is -1.89. The van der Waals surface area contributed by atoms with E-state index in [1.807, 2.05) is 0 Å². The van der Waals surface area contributed by atoms with Crippen LogP contribution in [0.4, 0.5) is 11.5 Å². The smallest absolute Gasteiger partial charge is 0.280 e. The third-order valence-corrected chi connectivity index (χ3v) is 2.61. The van der Waals surface area contributed by atoms with Gasteiger partial charge in [0.15, 0.2) is 0 Å². The monoisotopic (exact) mass is 210 g/mol. The van der Waals surface area contributed by atoms with Gasteiger partial charge in [0, 0.05) is 12.1 Å². The molecular weight excluding hydrogens is 204 g/mol. The largest absolute Gasteiger partial charge is 0.382 e. The SMILES string of the molecule is Nc1cc(-c2cc([N+](=O)[O-])cs2)[nH]n1. The second-order valence-electron chi connectivity index (χ2n) is 2.63. The molecule has 0 aliphatic carbocycles. The van der Waals surface area contributed by atoms with Gasteiger partial charge >= 0.3 is 0 Å². The normalized spacial score (nSPS) is 10.3. The summed E-state index contributed by atoms with van der Waals surface area (Å²) in [5.41, 5.74) is 6.19. The van der Waals surface area contributed by atoms with Gasteiger partial charge in [-0.05, 0) is 0 Å². The molecule has 2 heterocycles. The number of H-pyrrole nitrogens is 1. The van der Waals surface area contributed by atoms with Crippen molar-refractivity contribution in [2.45, 2.75) is 0 Å². The van der Waals surface area contributed by atoms with Crippen LogP contribution in [0.3, 0.4) is 0 Å². The van der Waals surface area contributed by atoms with Crippen molar-refractivity contribution in [1.29, 1.82) is 0 Å². The average Bonchev–Trinajstić information content (AvgIpc) is 2.70. The second-order valence-corrected chi connectivity index (χ2v) is 3.54. The van der Waals surface area contributed by atoms with Gasteiger partial charge in [-0.1, -0.05) is 0 Å². The van der Waals surface area contributed by atoms with E-state index in [1.54, 1.807) is 6.07 Å². The Kier molecular flexibility index (Phi) is 1.93. The lowest BCUT2D eigenvalue weighted by Gasteiger charge is -1.85. The lowest BCUT2D eigenvalue weighted by molar-refractivity contribution is -0.384. The number of nitrogens with zero attached hydrogens (tertiary/aromatic N) is 2. The Balaban J connectivity index is 2.38. The summed E-state index contributed by atoms with van der Waals surface area (Å²) < 4.78 is 0. The van der Waals surface area contributed by atoms with Crippen LogP contribution < -0.4 is 5.73 Å². The molecule has 0 fully saturated rings. The van der Waals surface area contributed by atoms with Gasteiger partial charge < -0.3 is 5.73 Å². The van der Waals surface area contributed by atoms with Gasteiger partial charge in [0.2, 0.25) is 0 Å². The number of hydrogen-bond donors (Lipinski definition) is 2. The minimum absolute atomic E-state index is 0.0816. The number of aromatic amines is 1. The number of nitrogen functional groups attached to an aromatic ring is 1. The van der Waals surface area contributed by atoms with E-state index in [2.05, 4.69) is 10.2 Å². The number of hydrogen-bond acceptors (Lipinski definition) is 5. The predicted molar refractivity (Wildman–Crippen MR) is 53.0 cm³/mol. The summed E-state index contributed by atoms with van der Waals surface area (Å²) in [7, 11) is 0. The molecule has 72 valence electrons. The molecule has 0 atom stereocenters. The fourth-order valence-electron chi connectivity index (χ4n) is 1.03. The van der Waals surface area contributed by atoms with Crippen molar-refractivity contribution in [3.05, 3.63) is 27.6 Å². The third kappa shape index (κ3) is 1.44. The summed E-state index contributed by atoms with van der Waals surface area (Å²) in [4.78, 5) is 10.7. The molecule has 0 saturated heterocycles. The predicted octanol–water partition coefficient (Wildman–Crippen LogP) is 1.63. The summed E-state index contributed by atoms with van der Waals surface area (Å²) in [6.45, 7) is 0. The number of thiophene rings is 1. The molecular formula is C7H6N4O2S. The van der Waals surface area contributed by atoms with E-state index in [1.165, 1.54) is 22.8 Å². The molecule has 0 spiro atoms. The van der Waals surface area contributed by atoms with E-state index < -0.39 is 4.92 Å². The van der Waals surface area contributed by atoms with E-state index in [9.17, 15) is 10.1 Å². The van der Waals surface area contributed by atoms with Crippen molar-refractivity contribution in [2.24, 2.45) is 0 Å². The van der Waals surface area contributed by atoms with Gasteiger partial charge in [-0.2, -0.15) is 5.10 Å². The molecule has 0 saturated carbocycles. The summed E-state index contributed by atoms with van der Waals surface area (Å²) in [5, 5.41) is 18.3. The Morgan fingerprint density at radius 1 is 1.57 bits per heavy atom. The van der Waals surface area contributed by atoms with Crippen LogP contribution >= 0.6 is 11.3 Å².